The van der Waals surface area contributed by atoms with Crippen LogP contribution in [0, 0.1) is 18.3 Å². The van der Waals surface area contributed by atoms with Crippen LogP contribution in [0.25, 0.3) is 44.3 Å². The van der Waals surface area contributed by atoms with Gasteiger partial charge in [0.15, 0.2) is 0 Å². The molecule has 0 aliphatic carbocycles. The van der Waals surface area contributed by atoms with Crippen LogP contribution >= 0.6 is 0 Å². The summed E-state index contributed by atoms with van der Waals surface area (Å²) in [5, 5.41) is 8.53. The quantitative estimate of drug-likeness (QED) is 0.194. The molecule has 6 rings (SSSR count). The molecule has 0 spiro atoms. The fraction of sp³-hybridized carbons (Fsp3) is 0.200. The number of aromatic nitrogens is 1. The van der Waals surface area contributed by atoms with Crippen molar-refractivity contribution < 1.29 is 14.5 Å². The monoisotopic (exact) mass is 509 g/mol. The molecule has 0 fully saturated rings. The van der Waals surface area contributed by atoms with Crippen molar-refractivity contribution in [3.8, 4) is 28.5 Å². The molecular formula is C30H27GeN2O+. The second-order valence-electron chi connectivity index (χ2n) is 9.54. The average molecular weight is 508 g/mol. The van der Waals surface area contributed by atoms with Crippen LogP contribution in [0.3, 0.4) is 0 Å². The van der Waals surface area contributed by atoms with E-state index in [2.05, 4.69) is 29.7 Å². The molecule has 0 saturated carbocycles. The van der Waals surface area contributed by atoms with Crippen molar-refractivity contribution in [1.82, 2.24) is 0 Å². The summed E-state index contributed by atoms with van der Waals surface area (Å²) in [5.74, 6) is 3.63. The number of pyridine rings is 1. The van der Waals surface area contributed by atoms with Crippen molar-refractivity contribution in [2.24, 2.45) is 7.05 Å². The number of furan rings is 1. The fourth-order valence-electron chi connectivity index (χ4n) is 5.10. The van der Waals surface area contributed by atoms with Crippen LogP contribution in [0.15, 0.2) is 71.3 Å². The maximum atomic E-state index is 10.1. The van der Waals surface area contributed by atoms with Gasteiger partial charge in [0.2, 0.25) is 0 Å². The summed E-state index contributed by atoms with van der Waals surface area (Å²) in [7, 11) is 2.00. The molecule has 3 aromatic carbocycles. The molecule has 5 aromatic rings. The molecule has 0 bridgehead atoms. The van der Waals surface area contributed by atoms with Gasteiger partial charge in [-0.05, 0) is 0 Å². The molecule has 0 amide bonds. The number of nitriles is 1. The van der Waals surface area contributed by atoms with Crippen LogP contribution in [0.2, 0.25) is 11.5 Å². The molecule has 0 unspecified atom stereocenters. The standard InChI is InChI=1S/C30H27GeN2O/c1-19-8-12-24-25-13-11-22(18-32)28(20-9-10-21-16-31(2,3)17-23(21)15-20)30(25)34-29(24)27(19)26-7-5-6-14-33(26)4/h5-15H,16-17H2,1-4H3/q+1/i16D2,17D2. The Kier molecular flexibility index (Phi) is 3.82. The minimum atomic E-state index is -3.62. The maximum absolute atomic E-state index is 10.1. The van der Waals surface area contributed by atoms with Gasteiger partial charge in [0.1, 0.15) is 0 Å². The molecule has 0 atom stereocenters. The van der Waals surface area contributed by atoms with E-state index in [4.69, 9.17) is 9.90 Å². The van der Waals surface area contributed by atoms with Crippen molar-refractivity contribution in [2.75, 3.05) is 0 Å². The predicted octanol–water partition coefficient (Wildman–Crippen LogP) is 6.81. The van der Waals surface area contributed by atoms with Crippen LogP contribution in [-0.4, -0.2) is 13.3 Å². The molecule has 4 heteroatoms. The Balaban J connectivity index is 1.68. The van der Waals surface area contributed by atoms with Crippen LogP contribution in [-0.2, 0) is 17.5 Å². The van der Waals surface area contributed by atoms with E-state index in [1.165, 1.54) is 0 Å². The third-order valence-corrected chi connectivity index (χ3v) is 10.4. The van der Waals surface area contributed by atoms with Crippen LogP contribution in [0.5, 0.6) is 0 Å². The second kappa shape index (κ2) is 7.58. The summed E-state index contributed by atoms with van der Waals surface area (Å²) in [6, 6.07) is 21.4. The summed E-state index contributed by atoms with van der Waals surface area (Å²) in [5.41, 5.74) is 6.92. The van der Waals surface area contributed by atoms with Crippen molar-refractivity contribution >= 4 is 35.2 Å². The Morgan fingerprint density at radius 1 is 0.941 bits per heavy atom. The number of rotatable bonds is 2. The average Bonchev–Trinajstić information content (AvgIpc) is 3.30. The van der Waals surface area contributed by atoms with E-state index >= 15 is 0 Å². The zero-order chi connectivity index (χ0) is 27.2. The van der Waals surface area contributed by atoms with Gasteiger partial charge in [-0.15, -0.1) is 0 Å². The van der Waals surface area contributed by atoms with Gasteiger partial charge in [0.05, 0.1) is 0 Å². The van der Waals surface area contributed by atoms with Gasteiger partial charge in [-0.3, -0.25) is 0 Å². The number of fused-ring (bicyclic) bond motifs is 4. The van der Waals surface area contributed by atoms with Crippen molar-refractivity contribution in [2.45, 2.75) is 28.8 Å². The van der Waals surface area contributed by atoms with E-state index < -0.39 is 23.7 Å². The van der Waals surface area contributed by atoms with Gasteiger partial charge in [-0.2, -0.15) is 0 Å². The molecule has 1 aliphatic rings. The Hall–Kier alpha value is -3.36. The molecule has 34 heavy (non-hydrogen) atoms. The van der Waals surface area contributed by atoms with Crippen molar-refractivity contribution in [1.29, 1.82) is 5.26 Å². The minimum absolute atomic E-state index is 0.398. The fourth-order valence-corrected chi connectivity index (χ4v) is 8.95. The summed E-state index contributed by atoms with van der Waals surface area (Å²) in [6.07, 6.45) is 2.00. The third-order valence-electron chi connectivity index (χ3n) is 6.65. The topological polar surface area (TPSA) is 40.8 Å². The van der Waals surface area contributed by atoms with Gasteiger partial charge in [-0.25, -0.2) is 0 Å². The first-order chi connectivity index (χ1) is 17.9. The number of hydrogen-bond acceptors (Lipinski definition) is 2. The SMILES string of the molecule is [2H][C]1([2H])c2ccc(-c3c(C#N)ccc4c3oc3c(-c5cccc[n+]5C)c(C)ccc34)cc2[C]([2H])([2H])[Ge]1([CH3])[CH3]. The second-order valence-corrected chi connectivity index (χ2v) is 17.4. The van der Waals surface area contributed by atoms with E-state index in [9.17, 15) is 5.26 Å². The zero-order valence-electron chi connectivity index (χ0n) is 23.7. The zero-order valence-corrected chi connectivity index (χ0v) is 21.8. The summed E-state index contributed by atoms with van der Waals surface area (Å²) in [6.45, 7) is 2.06. The van der Waals surface area contributed by atoms with Gasteiger partial charge in [0, 0.05) is 6.07 Å². The summed E-state index contributed by atoms with van der Waals surface area (Å²) in [4.78, 5) is 0. The summed E-state index contributed by atoms with van der Waals surface area (Å²) < 4.78 is 44.1. The first-order valence-corrected chi connectivity index (χ1v) is 17.7. The molecule has 166 valence electrons. The number of benzene rings is 3. The van der Waals surface area contributed by atoms with E-state index in [0.29, 0.717) is 33.4 Å². The Morgan fingerprint density at radius 2 is 1.68 bits per heavy atom. The number of hydrogen-bond donors (Lipinski definition) is 0. The Morgan fingerprint density at radius 3 is 2.44 bits per heavy atom. The van der Waals surface area contributed by atoms with Crippen LogP contribution in [0.4, 0.5) is 0 Å². The molecule has 0 N–H and O–H groups in total. The molecule has 1 aliphatic heterocycles. The molecule has 3 heterocycles. The van der Waals surface area contributed by atoms with E-state index in [0.717, 1.165) is 33.2 Å². The first-order valence-electron chi connectivity index (χ1n) is 13.4. The predicted molar refractivity (Wildman–Crippen MR) is 140 cm³/mol. The number of aryl methyl sites for hydroxylation is 2. The number of nitrogens with zero attached hydrogens (tertiary/aromatic N) is 2. The van der Waals surface area contributed by atoms with E-state index in [1.807, 2.05) is 55.1 Å². The Bertz CT molecular complexity index is 1850. The van der Waals surface area contributed by atoms with E-state index in [1.54, 1.807) is 18.2 Å². The molecule has 0 radical (unpaired) electrons. The third kappa shape index (κ3) is 3.20. The van der Waals surface area contributed by atoms with Gasteiger partial charge >= 0.3 is 202 Å². The first kappa shape index (κ1) is 17.1. The van der Waals surface area contributed by atoms with E-state index in [-0.39, 0.29) is 0 Å². The molecule has 0 saturated heterocycles. The van der Waals surface area contributed by atoms with Gasteiger partial charge in [0.25, 0.3) is 0 Å². The summed E-state index contributed by atoms with van der Waals surface area (Å²) >= 11 is -3.62. The van der Waals surface area contributed by atoms with Crippen molar-refractivity contribution in [3.63, 3.8) is 0 Å². The molecule has 2 aromatic heterocycles. The van der Waals surface area contributed by atoms with Crippen LogP contribution in [0.1, 0.15) is 27.7 Å². The normalized spacial score (nSPS) is 19.1. The molecule has 3 nitrogen and oxygen atoms in total. The molecular weight excluding hydrogens is 477 g/mol. The van der Waals surface area contributed by atoms with Crippen molar-refractivity contribution in [3.05, 3.63) is 89.1 Å². The Labute approximate surface area is 208 Å². The van der Waals surface area contributed by atoms with Gasteiger partial charge in [-0.1, -0.05) is 0 Å². The van der Waals surface area contributed by atoms with Gasteiger partial charge < -0.3 is 0 Å². The van der Waals surface area contributed by atoms with Crippen LogP contribution < -0.4 is 4.57 Å².